The molecule has 0 radical (unpaired) electrons. The van der Waals surface area contributed by atoms with Crippen molar-refractivity contribution in [2.24, 2.45) is 0 Å². The number of thiophene rings is 1. The molecule has 1 aliphatic heterocycles. The molecule has 0 aromatic carbocycles. The number of halogens is 1. The largest absolute Gasteiger partial charge is 0.382 e. The van der Waals surface area contributed by atoms with E-state index < -0.39 is 9.84 Å². The molecule has 1 aliphatic rings. The lowest BCUT2D eigenvalue weighted by atomic mass is 10.2. The molecule has 3 rings (SSSR count). The summed E-state index contributed by atoms with van der Waals surface area (Å²) >= 11 is 7.81. The van der Waals surface area contributed by atoms with E-state index in [-0.39, 0.29) is 37.8 Å². The van der Waals surface area contributed by atoms with E-state index in [0.29, 0.717) is 10.9 Å². The molecule has 3 heterocycles. The molecule has 3 N–H and O–H groups in total. The number of carbonyl (C=O) groups excluding carboxylic acids is 1. The summed E-state index contributed by atoms with van der Waals surface area (Å²) in [4.78, 5) is 19.7. The van der Waals surface area contributed by atoms with Gasteiger partial charge in [0.25, 0.3) is 0 Å². The number of nitrogens with one attached hydrogen (secondary N) is 1. The van der Waals surface area contributed by atoms with Gasteiger partial charge in [-0.2, -0.15) is 0 Å². The van der Waals surface area contributed by atoms with E-state index >= 15 is 0 Å². The Bertz CT molecular complexity index is 929. The normalized spacial score (nSPS) is 17.1. The van der Waals surface area contributed by atoms with Crippen molar-refractivity contribution in [3.63, 3.8) is 0 Å². The third-order valence-corrected chi connectivity index (χ3v) is 8.10. The van der Waals surface area contributed by atoms with Gasteiger partial charge >= 0.3 is 0 Å². The lowest BCUT2D eigenvalue weighted by molar-refractivity contribution is -0.119. The van der Waals surface area contributed by atoms with E-state index in [0.717, 1.165) is 48.7 Å². The van der Waals surface area contributed by atoms with Crippen LogP contribution < -0.4 is 11.1 Å². The second kappa shape index (κ2) is 8.74. The number of ether oxygens (including phenoxy) is 1. The predicted octanol–water partition coefficient (Wildman–Crippen LogP) is 1.99. The third kappa shape index (κ3) is 5.11. The number of carbonyl (C=O) groups is 1. The number of nitrogens with zero attached hydrogens (tertiary/aromatic N) is 2. The molecule has 12 heteroatoms. The first-order chi connectivity index (χ1) is 12.9. The maximum absolute atomic E-state index is 12.6. The fourth-order valence-corrected chi connectivity index (χ4v) is 5.93. The number of thioether (sulfide) groups is 1. The number of anilines is 1. The number of rotatable bonds is 7. The van der Waals surface area contributed by atoms with Crippen molar-refractivity contribution in [2.45, 2.75) is 33.2 Å². The van der Waals surface area contributed by atoms with Crippen LogP contribution in [0.4, 0.5) is 5.82 Å². The van der Waals surface area contributed by atoms with Crippen LogP contribution in [0.2, 0.25) is 4.34 Å². The summed E-state index contributed by atoms with van der Waals surface area (Å²) in [6.45, 7) is 1.21. The second-order valence-electron chi connectivity index (χ2n) is 5.69. The highest BCUT2D eigenvalue weighted by atomic mass is 35.5. The Morgan fingerprint density at radius 3 is 2.93 bits per heavy atom. The summed E-state index contributed by atoms with van der Waals surface area (Å²) in [6, 6.07) is 2.90. The number of hydrogen-bond acceptors (Lipinski definition) is 9. The highest BCUT2D eigenvalue weighted by molar-refractivity contribution is 7.99. The number of aromatic nitrogens is 2. The van der Waals surface area contributed by atoms with Crippen molar-refractivity contribution in [3.05, 3.63) is 22.7 Å². The summed E-state index contributed by atoms with van der Waals surface area (Å²) in [6.07, 6.45) is 3.17. The van der Waals surface area contributed by atoms with Crippen molar-refractivity contribution < 1.29 is 17.9 Å². The van der Waals surface area contributed by atoms with Crippen LogP contribution in [0.5, 0.6) is 0 Å². The summed E-state index contributed by atoms with van der Waals surface area (Å²) in [5.74, 6) is -0.252. The Morgan fingerprint density at radius 1 is 1.48 bits per heavy atom. The van der Waals surface area contributed by atoms with Crippen LogP contribution in [0.1, 0.15) is 12.8 Å². The predicted molar refractivity (Wildman–Crippen MR) is 104 cm³/mol. The molecule has 0 aliphatic carbocycles. The van der Waals surface area contributed by atoms with Crippen LogP contribution in [0, 0.1) is 0 Å². The molecular formula is C15H17ClN4O4S3. The molecule has 1 fully saturated rings. The summed E-state index contributed by atoms with van der Waals surface area (Å²) in [5, 5.41) is 3.02. The van der Waals surface area contributed by atoms with E-state index in [1.165, 1.54) is 12.1 Å². The number of sulfone groups is 1. The fraction of sp³-hybridized carbons (Fsp3) is 0.400. The average molecular weight is 449 g/mol. The maximum Gasteiger partial charge on any atom is 0.230 e. The Labute approximate surface area is 169 Å². The number of amides is 1. The topological polar surface area (TPSA) is 124 Å². The van der Waals surface area contributed by atoms with Crippen LogP contribution in [0.25, 0.3) is 0 Å². The molecule has 0 unspecified atom stereocenters. The molecular weight excluding hydrogens is 432 g/mol. The Hall–Kier alpha value is -1.40. The van der Waals surface area contributed by atoms with E-state index in [9.17, 15) is 13.2 Å². The van der Waals surface area contributed by atoms with Gasteiger partial charge in [-0.15, -0.1) is 11.3 Å². The van der Waals surface area contributed by atoms with E-state index in [2.05, 4.69) is 15.3 Å². The summed E-state index contributed by atoms with van der Waals surface area (Å²) in [7, 11) is -3.83. The minimum atomic E-state index is -3.83. The monoisotopic (exact) mass is 448 g/mol. The smallest absolute Gasteiger partial charge is 0.230 e. The Balaban J connectivity index is 1.60. The number of nitrogen functional groups attached to an aromatic ring is 1. The fourth-order valence-electron chi connectivity index (χ4n) is 2.41. The van der Waals surface area contributed by atoms with Crippen molar-refractivity contribution in [3.8, 4) is 0 Å². The average Bonchev–Trinajstić information content (AvgIpc) is 3.29. The molecule has 1 atom stereocenters. The quantitative estimate of drug-likeness (QED) is 0.486. The number of nitrogens with two attached hydrogens (primary N) is 1. The van der Waals surface area contributed by atoms with Crippen LogP contribution in [0.3, 0.4) is 0 Å². The van der Waals surface area contributed by atoms with E-state index in [1.807, 2.05) is 0 Å². The molecule has 0 spiro atoms. The lowest BCUT2D eigenvalue weighted by Crippen LogP contribution is -2.32. The number of hydrogen-bond donors (Lipinski definition) is 2. The molecule has 0 saturated carbocycles. The molecule has 146 valence electrons. The first-order valence-corrected chi connectivity index (χ1v) is 11.7. The van der Waals surface area contributed by atoms with E-state index in [4.69, 9.17) is 22.1 Å². The van der Waals surface area contributed by atoms with Crippen molar-refractivity contribution >= 4 is 56.3 Å². The maximum atomic E-state index is 12.6. The van der Waals surface area contributed by atoms with Gasteiger partial charge in [0.1, 0.15) is 14.9 Å². The minimum absolute atomic E-state index is 0.0664. The van der Waals surface area contributed by atoms with Crippen molar-refractivity contribution in [1.29, 1.82) is 0 Å². The summed E-state index contributed by atoms with van der Waals surface area (Å²) < 4.78 is 31.0. The Morgan fingerprint density at radius 2 is 2.30 bits per heavy atom. The van der Waals surface area contributed by atoms with E-state index in [1.54, 1.807) is 0 Å². The molecule has 1 amide bonds. The highest BCUT2D eigenvalue weighted by Gasteiger charge is 2.24. The molecule has 2 aromatic heterocycles. The van der Waals surface area contributed by atoms with Crippen LogP contribution >= 0.6 is 34.7 Å². The van der Waals surface area contributed by atoms with Gasteiger partial charge in [0, 0.05) is 13.2 Å². The van der Waals surface area contributed by atoms with Gasteiger partial charge in [0.15, 0.2) is 5.16 Å². The Kier molecular flexibility index (Phi) is 6.58. The van der Waals surface area contributed by atoms with Gasteiger partial charge < -0.3 is 15.8 Å². The molecule has 2 aromatic rings. The van der Waals surface area contributed by atoms with Crippen molar-refractivity contribution in [1.82, 2.24) is 15.3 Å². The van der Waals surface area contributed by atoms with Gasteiger partial charge in [0.2, 0.25) is 15.7 Å². The van der Waals surface area contributed by atoms with Gasteiger partial charge in [-0.3, -0.25) is 4.79 Å². The highest BCUT2D eigenvalue weighted by Crippen LogP contribution is 2.32. The van der Waals surface area contributed by atoms with Gasteiger partial charge in [-0.1, -0.05) is 23.4 Å². The van der Waals surface area contributed by atoms with Gasteiger partial charge in [0.05, 0.1) is 22.4 Å². The van der Waals surface area contributed by atoms with Gasteiger partial charge in [-0.05, 0) is 25.0 Å². The zero-order chi connectivity index (χ0) is 19.4. The molecule has 27 heavy (non-hydrogen) atoms. The zero-order valence-corrected chi connectivity index (χ0v) is 17.3. The lowest BCUT2D eigenvalue weighted by Gasteiger charge is -2.10. The first kappa shape index (κ1) is 20.3. The van der Waals surface area contributed by atoms with Crippen molar-refractivity contribution in [2.75, 3.05) is 24.6 Å². The zero-order valence-electron chi connectivity index (χ0n) is 14.1. The summed E-state index contributed by atoms with van der Waals surface area (Å²) in [5.41, 5.74) is 5.81. The van der Waals surface area contributed by atoms with Crippen LogP contribution in [0.15, 0.2) is 32.6 Å². The van der Waals surface area contributed by atoms with Crippen LogP contribution in [-0.4, -0.2) is 49.3 Å². The molecule has 0 bridgehead atoms. The van der Waals surface area contributed by atoms with Gasteiger partial charge in [-0.25, -0.2) is 18.4 Å². The third-order valence-electron chi connectivity index (χ3n) is 3.75. The van der Waals surface area contributed by atoms with Crippen LogP contribution in [-0.2, 0) is 19.4 Å². The second-order valence-corrected chi connectivity index (χ2v) is 10.5. The SMILES string of the molecule is Nc1nc(SCC(=O)NC[C@@H]2CCCO2)ncc1S(=O)(=O)c1ccc(Cl)s1. The molecule has 1 saturated heterocycles. The minimum Gasteiger partial charge on any atom is -0.382 e. The first-order valence-electron chi connectivity index (χ1n) is 8.00. The standard InChI is InChI=1S/C15H17ClN4O4S3/c16-11-3-4-13(26-11)27(22,23)10-7-19-15(20-14(10)17)25-8-12(21)18-6-9-2-1-5-24-9/h3-4,7,9H,1-2,5-6,8H2,(H,18,21)(H2,17,19,20)/t9-/m0/s1. The molecule has 8 nitrogen and oxygen atoms in total.